The number of halogens is 4. The average Bonchev–Trinajstić information content (AvgIpc) is 2.88. The van der Waals surface area contributed by atoms with Crippen molar-refractivity contribution in [1.82, 2.24) is 4.90 Å². The second-order valence-electron chi connectivity index (χ2n) is 5.02. The van der Waals surface area contributed by atoms with Crippen LogP contribution in [0.4, 0.5) is 18.9 Å². The highest BCUT2D eigenvalue weighted by molar-refractivity contribution is 6.30. The zero-order valence-corrected chi connectivity index (χ0v) is 11.9. The molecule has 0 bridgehead atoms. The van der Waals surface area contributed by atoms with Crippen LogP contribution in [0.2, 0.25) is 5.02 Å². The van der Waals surface area contributed by atoms with E-state index in [4.69, 9.17) is 11.6 Å². The molecule has 1 aliphatic heterocycles. The van der Waals surface area contributed by atoms with Crippen LogP contribution in [0.15, 0.2) is 18.2 Å². The first-order valence-corrected chi connectivity index (χ1v) is 7.17. The Labute approximate surface area is 121 Å². The van der Waals surface area contributed by atoms with Gasteiger partial charge < -0.3 is 10.2 Å². The van der Waals surface area contributed by atoms with Crippen molar-refractivity contribution in [2.75, 3.05) is 31.5 Å². The van der Waals surface area contributed by atoms with E-state index in [-0.39, 0.29) is 10.7 Å². The number of hydrogen-bond donors (Lipinski definition) is 1. The fourth-order valence-electron chi connectivity index (χ4n) is 2.44. The molecule has 2 rings (SSSR count). The standard InChI is InChI=1S/C14H18ClF3N2/c15-11-4-5-13(12(10-11)14(16,17)18)19-6-3-9-20-7-1-2-8-20/h4-5,10,19H,1-3,6-9H2. The highest BCUT2D eigenvalue weighted by atomic mass is 35.5. The van der Waals surface area contributed by atoms with Gasteiger partial charge in [-0.15, -0.1) is 0 Å². The lowest BCUT2D eigenvalue weighted by molar-refractivity contribution is -0.136. The van der Waals surface area contributed by atoms with E-state index in [2.05, 4.69) is 10.2 Å². The van der Waals surface area contributed by atoms with Gasteiger partial charge in [-0.1, -0.05) is 11.6 Å². The van der Waals surface area contributed by atoms with Crippen molar-refractivity contribution in [3.8, 4) is 0 Å². The molecule has 2 nitrogen and oxygen atoms in total. The van der Waals surface area contributed by atoms with Gasteiger partial charge in [0.2, 0.25) is 0 Å². The maximum Gasteiger partial charge on any atom is 0.418 e. The molecular formula is C14H18ClF3N2. The lowest BCUT2D eigenvalue weighted by Crippen LogP contribution is -2.22. The zero-order valence-electron chi connectivity index (χ0n) is 11.1. The Morgan fingerprint density at radius 1 is 1.20 bits per heavy atom. The fourth-order valence-corrected chi connectivity index (χ4v) is 2.61. The van der Waals surface area contributed by atoms with Crippen LogP contribution in [0.25, 0.3) is 0 Å². The van der Waals surface area contributed by atoms with Crippen molar-refractivity contribution in [1.29, 1.82) is 0 Å². The van der Waals surface area contributed by atoms with Crippen molar-refractivity contribution >= 4 is 17.3 Å². The third-order valence-corrected chi connectivity index (χ3v) is 3.69. The van der Waals surface area contributed by atoms with Crippen LogP contribution in [0, 0.1) is 0 Å². The Morgan fingerprint density at radius 3 is 2.55 bits per heavy atom. The number of likely N-dealkylation sites (tertiary alicyclic amines) is 1. The minimum atomic E-state index is -4.39. The van der Waals surface area contributed by atoms with Crippen LogP contribution in [0.5, 0.6) is 0 Å². The minimum Gasteiger partial charge on any atom is -0.385 e. The van der Waals surface area contributed by atoms with Gasteiger partial charge in [-0.3, -0.25) is 0 Å². The van der Waals surface area contributed by atoms with Gasteiger partial charge in [0.1, 0.15) is 0 Å². The summed E-state index contributed by atoms with van der Waals surface area (Å²) < 4.78 is 38.6. The summed E-state index contributed by atoms with van der Waals surface area (Å²) in [6.45, 7) is 3.67. The van der Waals surface area contributed by atoms with E-state index in [1.807, 2.05) is 0 Å². The summed E-state index contributed by atoms with van der Waals surface area (Å²) in [7, 11) is 0. The monoisotopic (exact) mass is 306 g/mol. The van der Waals surface area contributed by atoms with E-state index >= 15 is 0 Å². The van der Waals surface area contributed by atoms with Crippen LogP contribution in [0.3, 0.4) is 0 Å². The van der Waals surface area contributed by atoms with Gasteiger partial charge in [-0.25, -0.2) is 0 Å². The third kappa shape index (κ3) is 4.28. The normalized spacial score (nSPS) is 16.6. The average molecular weight is 307 g/mol. The van der Waals surface area contributed by atoms with Gasteiger partial charge in [-0.2, -0.15) is 13.2 Å². The molecule has 0 saturated carbocycles. The Hall–Kier alpha value is -0.940. The molecule has 0 atom stereocenters. The number of nitrogens with one attached hydrogen (secondary N) is 1. The van der Waals surface area contributed by atoms with Crippen molar-refractivity contribution in [3.63, 3.8) is 0 Å². The number of benzene rings is 1. The zero-order chi connectivity index (χ0) is 14.6. The molecule has 1 fully saturated rings. The lowest BCUT2D eigenvalue weighted by Gasteiger charge is -2.17. The topological polar surface area (TPSA) is 15.3 Å². The molecule has 1 aromatic rings. The van der Waals surface area contributed by atoms with Gasteiger partial charge >= 0.3 is 6.18 Å². The van der Waals surface area contributed by atoms with Crippen LogP contribution < -0.4 is 5.32 Å². The molecule has 1 N–H and O–H groups in total. The van der Waals surface area contributed by atoms with Gasteiger partial charge in [0.15, 0.2) is 0 Å². The second kappa shape index (κ2) is 6.68. The smallest absolute Gasteiger partial charge is 0.385 e. The summed E-state index contributed by atoms with van der Waals surface area (Å²) in [4.78, 5) is 2.34. The molecule has 0 radical (unpaired) electrons. The number of hydrogen-bond acceptors (Lipinski definition) is 2. The van der Waals surface area contributed by atoms with Crippen molar-refractivity contribution in [2.24, 2.45) is 0 Å². The van der Waals surface area contributed by atoms with Gasteiger partial charge in [0.05, 0.1) is 5.56 Å². The summed E-state index contributed by atoms with van der Waals surface area (Å²) >= 11 is 5.64. The molecule has 0 aliphatic carbocycles. The first-order valence-electron chi connectivity index (χ1n) is 6.80. The summed E-state index contributed by atoms with van der Waals surface area (Å²) in [5.41, 5.74) is -0.602. The molecule has 1 aliphatic rings. The van der Waals surface area contributed by atoms with Gasteiger partial charge in [0, 0.05) is 17.3 Å². The van der Waals surface area contributed by atoms with Crippen molar-refractivity contribution in [2.45, 2.75) is 25.4 Å². The predicted octanol–water partition coefficient (Wildman–Crippen LogP) is 4.26. The van der Waals surface area contributed by atoms with E-state index in [9.17, 15) is 13.2 Å². The SMILES string of the molecule is FC(F)(F)c1cc(Cl)ccc1NCCCN1CCCC1. The third-order valence-electron chi connectivity index (χ3n) is 3.45. The van der Waals surface area contributed by atoms with Crippen LogP contribution in [-0.2, 0) is 6.18 Å². The Morgan fingerprint density at radius 2 is 1.90 bits per heavy atom. The van der Waals surface area contributed by atoms with E-state index < -0.39 is 11.7 Å². The van der Waals surface area contributed by atoms with Gasteiger partial charge in [0.25, 0.3) is 0 Å². The first kappa shape index (κ1) is 15.4. The highest BCUT2D eigenvalue weighted by Crippen LogP contribution is 2.36. The maximum atomic E-state index is 12.9. The molecule has 112 valence electrons. The molecule has 0 amide bonds. The van der Waals surface area contributed by atoms with Crippen LogP contribution >= 0.6 is 11.6 Å². The van der Waals surface area contributed by atoms with Crippen LogP contribution in [0.1, 0.15) is 24.8 Å². The molecule has 0 aromatic heterocycles. The van der Waals surface area contributed by atoms with E-state index in [0.717, 1.165) is 32.1 Å². The Bertz CT molecular complexity index is 443. The fraction of sp³-hybridized carbons (Fsp3) is 0.571. The molecule has 1 heterocycles. The summed E-state index contributed by atoms with van der Waals surface area (Å²) in [6, 6.07) is 3.82. The van der Waals surface area contributed by atoms with Crippen LogP contribution in [-0.4, -0.2) is 31.1 Å². The summed E-state index contributed by atoms with van der Waals surface area (Å²) in [6.07, 6.45) is -1.10. The predicted molar refractivity (Wildman–Crippen MR) is 75.2 cm³/mol. The maximum absolute atomic E-state index is 12.9. The second-order valence-corrected chi connectivity index (χ2v) is 5.45. The highest BCUT2D eigenvalue weighted by Gasteiger charge is 2.33. The molecule has 1 saturated heterocycles. The lowest BCUT2D eigenvalue weighted by atomic mass is 10.1. The Kier molecular flexibility index (Phi) is 5.16. The molecular weight excluding hydrogens is 289 g/mol. The Balaban J connectivity index is 1.88. The first-order chi connectivity index (χ1) is 9.47. The number of alkyl halides is 3. The largest absolute Gasteiger partial charge is 0.418 e. The quantitative estimate of drug-likeness (QED) is 0.818. The summed E-state index contributed by atoms with van der Waals surface area (Å²) in [5.74, 6) is 0. The molecule has 0 unspecified atom stereocenters. The molecule has 6 heteroatoms. The van der Waals surface area contributed by atoms with Crippen molar-refractivity contribution in [3.05, 3.63) is 28.8 Å². The van der Waals surface area contributed by atoms with Gasteiger partial charge in [-0.05, 0) is 57.1 Å². The minimum absolute atomic E-state index is 0.0972. The van der Waals surface area contributed by atoms with Crippen molar-refractivity contribution < 1.29 is 13.2 Å². The van der Waals surface area contributed by atoms with E-state index in [1.54, 1.807) is 0 Å². The number of rotatable bonds is 5. The van der Waals surface area contributed by atoms with E-state index in [0.29, 0.717) is 6.54 Å². The van der Waals surface area contributed by atoms with E-state index in [1.165, 1.54) is 25.0 Å². The number of nitrogens with zero attached hydrogens (tertiary/aromatic N) is 1. The molecule has 20 heavy (non-hydrogen) atoms. The summed E-state index contributed by atoms with van der Waals surface area (Å²) in [5, 5.41) is 2.96. The molecule has 0 spiro atoms. The number of anilines is 1. The molecule has 1 aromatic carbocycles.